The van der Waals surface area contributed by atoms with Crippen molar-refractivity contribution < 1.29 is 9.53 Å². The molecule has 0 saturated heterocycles. The molecule has 0 spiro atoms. The van der Waals surface area contributed by atoms with E-state index in [9.17, 15) is 4.79 Å². The van der Waals surface area contributed by atoms with Crippen molar-refractivity contribution >= 4 is 18.3 Å². The fourth-order valence-corrected chi connectivity index (χ4v) is 1.69. The largest absolute Gasteiger partial charge is 0.491 e. The normalized spacial score (nSPS) is 11.7. The number of halogens is 1. The summed E-state index contributed by atoms with van der Waals surface area (Å²) >= 11 is 0. The zero-order valence-electron chi connectivity index (χ0n) is 12.4. The number of nitrogens with two attached hydrogens (primary N) is 1. The van der Waals surface area contributed by atoms with E-state index in [4.69, 9.17) is 10.5 Å². The standard InChI is InChI=1S/C15H24N2O2.ClH/c1-11(2)19-14-7-5-4-6-13(14)10-15(18)17-9-8-12(3)16;/h4-7,11-12H,8-10,16H2,1-3H3,(H,17,18);1H. The van der Waals surface area contributed by atoms with Gasteiger partial charge in [-0.25, -0.2) is 0 Å². The van der Waals surface area contributed by atoms with E-state index in [-0.39, 0.29) is 30.5 Å². The van der Waals surface area contributed by atoms with Crippen molar-refractivity contribution in [2.45, 2.75) is 45.8 Å². The van der Waals surface area contributed by atoms with E-state index in [1.165, 1.54) is 0 Å². The van der Waals surface area contributed by atoms with Crippen LogP contribution in [0.4, 0.5) is 0 Å². The highest BCUT2D eigenvalue weighted by atomic mass is 35.5. The van der Waals surface area contributed by atoms with Gasteiger partial charge in [0, 0.05) is 18.2 Å². The third-order valence-corrected chi connectivity index (χ3v) is 2.61. The van der Waals surface area contributed by atoms with Gasteiger partial charge in [-0.05, 0) is 33.3 Å². The number of carbonyl (C=O) groups is 1. The molecule has 0 aromatic heterocycles. The maximum atomic E-state index is 11.8. The Kier molecular flexibility index (Phi) is 9.01. The van der Waals surface area contributed by atoms with Gasteiger partial charge in [-0.3, -0.25) is 4.79 Å². The summed E-state index contributed by atoms with van der Waals surface area (Å²) in [5, 5.41) is 2.87. The predicted molar refractivity (Wildman–Crippen MR) is 84.4 cm³/mol. The molecule has 3 N–H and O–H groups in total. The fourth-order valence-electron chi connectivity index (χ4n) is 1.69. The van der Waals surface area contributed by atoms with Crippen LogP contribution in [-0.2, 0) is 11.2 Å². The van der Waals surface area contributed by atoms with E-state index < -0.39 is 0 Å². The first-order valence-electron chi connectivity index (χ1n) is 6.76. The summed E-state index contributed by atoms with van der Waals surface area (Å²) < 4.78 is 5.69. The van der Waals surface area contributed by atoms with Crippen LogP contribution < -0.4 is 15.8 Å². The first kappa shape index (κ1) is 18.7. The molecular formula is C15H25ClN2O2. The average Bonchev–Trinajstić information content (AvgIpc) is 2.30. The van der Waals surface area contributed by atoms with E-state index in [0.717, 1.165) is 17.7 Å². The molecule has 0 aliphatic rings. The summed E-state index contributed by atoms with van der Waals surface area (Å²) in [5.74, 6) is 0.778. The molecule has 0 aliphatic carbocycles. The van der Waals surface area contributed by atoms with Crippen molar-refractivity contribution in [3.63, 3.8) is 0 Å². The Labute approximate surface area is 127 Å². The Bertz CT molecular complexity index is 409. The lowest BCUT2D eigenvalue weighted by Crippen LogP contribution is -2.30. The first-order chi connectivity index (χ1) is 8.99. The molecule has 1 rings (SSSR count). The SMILES string of the molecule is CC(N)CCNC(=O)Cc1ccccc1OC(C)C.Cl. The minimum atomic E-state index is 0. The maximum Gasteiger partial charge on any atom is 0.224 e. The van der Waals surface area contributed by atoms with E-state index in [0.29, 0.717) is 13.0 Å². The van der Waals surface area contributed by atoms with Crippen LogP contribution in [0.3, 0.4) is 0 Å². The predicted octanol–water partition coefficient (Wildman–Crippen LogP) is 2.29. The highest BCUT2D eigenvalue weighted by molar-refractivity contribution is 5.85. The average molecular weight is 301 g/mol. The van der Waals surface area contributed by atoms with Gasteiger partial charge in [0.1, 0.15) is 5.75 Å². The third kappa shape index (κ3) is 7.36. The number of carbonyl (C=O) groups excluding carboxylic acids is 1. The van der Waals surface area contributed by atoms with Gasteiger partial charge in [-0.1, -0.05) is 18.2 Å². The molecule has 1 aromatic rings. The van der Waals surface area contributed by atoms with Crippen LogP contribution in [0.5, 0.6) is 5.75 Å². The van der Waals surface area contributed by atoms with Crippen molar-refractivity contribution in [3.05, 3.63) is 29.8 Å². The summed E-state index contributed by atoms with van der Waals surface area (Å²) in [7, 11) is 0. The molecule has 1 atom stereocenters. The van der Waals surface area contributed by atoms with E-state index >= 15 is 0 Å². The number of hydrogen-bond donors (Lipinski definition) is 2. The summed E-state index contributed by atoms with van der Waals surface area (Å²) in [5.41, 5.74) is 6.55. The van der Waals surface area contributed by atoms with Gasteiger partial charge in [0.05, 0.1) is 12.5 Å². The van der Waals surface area contributed by atoms with Crippen LogP contribution >= 0.6 is 12.4 Å². The molecule has 1 unspecified atom stereocenters. The van der Waals surface area contributed by atoms with Crippen molar-refractivity contribution in [1.29, 1.82) is 0 Å². The lowest BCUT2D eigenvalue weighted by atomic mass is 10.1. The number of ether oxygens (including phenoxy) is 1. The molecule has 5 heteroatoms. The molecule has 0 fully saturated rings. The highest BCUT2D eigenvalue weighted by Crippen LogP contribution is 2.19. The van der Waals surface area contributed by atoms with E-state index in [1.807, 2.05) is 45.0 Å². The summed E-state index contributed by atoms with van der Waals surface area (Å²) in [6.45, 7) is 6.49. The zero-order chi connectivity index (χ0) is 14.3. The lowest BCUT2D eigenvalue weighted by molar-refractivity contribution is -0.120. The van der Waals surface area contributed by atoms with Crippen molar-refractivity contribution in [3.8, 4) is 5.75 Å². The molecule has 0 bridgehead atoms. The Morgan fingerprint density at radius 3 is 2.55 bits per heavy atom. The Morgan fingerprint density at radius 1 is 1.30 bits per heavy atom. The number of hydrogen-bond acceptors (Lipinski definition) is 3. The van der Waals surface area contributed by atoms with Gasteiger partial charge < -0.3 is 15.8 Å². The van der Waals surface area contributed by atoms with Gasteiger partial charge in [-0.2, -0.15) is 0 Å². The van der Waals surface area contributed by atoms with Crippen molar-refractivity contribution in [2.24, 2.45) is 5.73 Å². The van der Waals surface area contributed by atoms with Gasteiger partial charge in [0.2, 0.25) is 5.91 Å². The molecule has 0 aliphatic heterocycles. The van der Waals surface area contributed by atoms with Crippen molar-refractivity contribution in [1.82, 2.24) is 5.32 Å². The van der Waals surface area contributed by atoms with Crippen LogP contribution in [0, 0.1) is 0 Å². The molecule has 0 radical (unpaired) electrons. The molecule has 114 valence electrons. The smallest absolute Gasteiger partial charge is 0.224 e. The highest BCUT2D eigenvalue weighted by Gasteiger charge is 2.09. The Morgan fingerprint density at radius 2 is 1.95 bits per heavy atom. The maximum absolute atomic E-state index is 11.8. The van der Waals surface area contributed by atoms with Crippen LogP contribution in [0.2, 0.25) is 0 Å². The molecular weight excluding hydrogens is 276 g/mol. The van der Waals surface area contributed by atoms with Gasteiger partial charge in [0.25, 0.3) is 0 Å². The second kappa shape index (κ2) is 9.61. The lowest BCUT2D eigenvalue weighted by Gasteiger charge is -2.14. The number of benzene rings is 1. The van der Waals surface area contributed by atoms with Crippen molar-refractivity contribution in [2.75, 3.05) is 6.54 Å². The number of amides is 1. The molecule has 4 nitrogen and oxygen atoms in total. The Balaban J connectivity index is 0.00000361. The summed E-state index contributed by atoms with van der Waals surface area (Å²) in [4.78, 5) is 11.8. The van der Waals surface area contributed by atoms with Gasteiger partial charge in [0.15, 0.2) is 0 Å². The molecule has 0 saturated carbocycles. The van der Waals surface area contributed by atoms with Crippen LogP contribution in [0.15, 0.2) is 24.3 Å². The first-order valence-corrected chi connectivity index (χ1v) is 6.76. The number of para-hydroxylation sites is 1. The second-order valence-electron chi connectivity index (χ2n) is 5.07. The zero-order valence-corrected chi connectivity index (χ0v) is 13.2. The van der Waals surface area contributed by atoms with Crippen LogP contribution in [-0.4, -0.2) is 24.6 Å². The minimum absolute atomic E-state index is 0. The summed E-state index contributed by atoms with van der Waals surface area (Å²) in [6.07, 6.45) is 1.22. The molecule has 1 aromatic carbocycles. The monoisotopic (exact) mass is 300 g/mol. The minimum Gasteiger partial charge on any atom is -0.491 e. The van der Waals surface area contributed by atoms with Gasteiger partial charge >= 0.3 is 0 Å². The number of nitrogens with one attached hydrogen (secondary N) is 1. The van der Waals surface area contributed by atoms with Crippen LogP contribution in [0.25, 0.3) is 0 Å². The third-order valence-electron chi connectivity index (χ3n) is 2.61. The Hall–Kier alpha value is -1.26. The second-order valence-corrected chi connectivity index (χ2v) is 5.07. The summed E-state index contributed by atoms with van der Waals surface area (Å²) in [6, 6.07) is 7.75. The fraction of sp³-hybridized carbons (Fsp3) is 0.533. The molecule has 20 heavy (non-hydrogen) atoms. The van der Waals surface area contributed by atoms with E-state index in [1.54, 1.807) is 0 Å². The van der Waals surface area contributed by atoms with Crippen LogP contribution in [0.1, 0.15) is 32.8 Å². The topological polar surface area (TPSA) is 64.3 Å². The molecule has 0 heterocycles. The quantitative estimate of drug-likeness (QED) is 0.812. The molecule has 1 amide bonds. The van der Waals surface area contributed by atoms with E-state index in [2.05, 4.69) is 5.32 Å². The van der Waals surface area contributed by atoms with Gasteiger partial charge in [-0.15, -0.1) is 12.4 Å². The number of rotatable bonds is 7.